The second kappa shape index (κ2) is 10.9. The number of aryl methyl sites for hydroxylation is 1. The van der Waals surface area contributed by atoms with Gasteiger partial charge in [0.1, 0.15) is 5.75 Å². The fraction of sp³-hybridized carbons (Fsp3) is 0.318. The van der Waals surface area contributed by atoms with Crippen LogP contribution in [-0.2, 0) is 33.8 Å². The lowest BCUT2D eigenvalue weighted by Gasteiger charge is -2.32. The van der Waals surface area contributed by atoms with Crippen LogP contribution in [0.5, 0.6) is 11.6 Å². The van der Waals surface area contributed by atoms with Crippen molar-refractivity contribution in [1.29, 1.82) is 0 Å². The summed E-state index contributed by atoms with van der Waals surface area (Å²) < 4.78 is 36.9. The number of esters is 1. The Morgan fingerprint density at radius 3 is 2.79 bits per heavy atom. The fourth-order valence-corrected chi connectivity index (χ4v) is 5.20. The van der Waals surface area contributed by atoms with Crippen LogP contribution in [0.25, 0.3) is 0 Å². The van der Waals surface area contributed by atoms with Crippen molar-refractivity contribution in [1.82, 2.24) is 14.8 Å². The molecule has 0 spiro atoms. The Balaban J connectivity index is 1.59. The number of ether oxygens (including phenoxy) is 2. The van der Waals surface area contributed by atoms with Crippen molar-refractivity contribution in [3.8, 4) is 11.6 Å². The molecule has 1 aliphatic rings. The zero-order valence-corrected chi connectivity index (χ0v) is 21.3. The summed E-state index contributed by atoms with van der Waals surface area (Å²) in [5.74, 6) is 0.561. The molecular weight excluding hydrogens is 548 g/mol. The number of anilines is 1. The van der Waals surface area contributed by atoms with E-state index in [1.165, 1.54) is 17.6 Å². The second-order valence-electron chi connectivity index (χ2n) is 7.60. The minimum atomic E-state index is -2.31. The summed E-state index contributed by atoms with van der Waals surface area (Å²) in [5, 5.41) is 5.02. The molecule has 2 aromatic heterocycles. The molecule has 0 amide bonds. The molecule has 0 bridgehead atoms. The molecule has 180 valence electrons. The number of hydrogen-bond acceptors (Lipinski definition) is 6. The Bertz CT molecular complexity index is 1210. The summed E-state index contributed by atoms with van der Waals surface area (Å²) in [6, 6.07) is 8.19. The normalized spacial score (nSPS) is 15.9. The van der Waals surface area contributed by atoms with Gasteiger partial charge in [-0.2, -0.15) is 5.10 Å². The molecule has 1 N–H and O–H groups in total. The molecule has 0 saturated heterocycles. The summed E-state index contributed by atoms with van der Waals surface area (Å²) >= 11 is 7.06. The van der Waals surface area contributed by atoms with Crippen LogP contribution in [0.15, 0.2) is 47.2 Å². The molecule has 0 fully saturated rings. The van der Waals surface area contributed by atoms with E-state index >= 15 is 0 Å². The van der Waals surface area contributed by atoms with Gasteiger partial charge in [0.2, 0.25) is 5.88 Å². The molecule has 12 heteroatoms. The van der Waals surface area contributed by atoms with Gasteiger partial charge in [0.15, 0.2) is 0 Å². The van der Waals surface area contributed by atoms with Crippen molar-refractivity contribution in [2.75, 3.05) is 11.4 Å². The Kier molecular flexibility index (Phi) is 7.87. The third kappa shape index (κ3) is 5.43. The van der Waals surface area contributed by atoms with Crippen LogP contribution >= 0.6 is 27.5 Å². The molecule has 34 heavy (non-hydrogen) atoms. The van der Waals surface area contributed by atoms with Gasteiger partial charge in [-0.1, -0.05) is 11.6 Å². The summed E-state index contributed by atoms with van der Waals surface area (Å²) in [6.45, 7) is 0.390. The van der Waals surface area contributed by atoms with E-state index in [9.17, 15) is 13.6 Å². The number of methoxy groups -OCH3 is 1. The lowest BCUT2D eigenvalue weighted by Crippen LogP contribution is -2.33. The monoisotopic (exact) mass is 568 g/mol. The minimum Gasteiger partial charge on any atom is -0.469 e. The first-order chi connectivity index (χ1) is 16.4. The van der Waals surface area contributed by atoms with Crippen molar-refractivity contribution in [2.45, 2.75) is 38.3 Å². The van der Waals surface area contributed by atoms with E-state index in [0.29, 0.717) is 39.8 Å². The lowest BCUT2D eigenvalue weighted by atomic mass is 9.92. The van der Waals surface area contributed by atoms with Gasteiger partial charge < -0.3 is 9.47 Å². The first-order valence-corrected chi connectivity index (χ1v) is 12.7. The van der Waals surface area contributed by atoms with Crippen molar-refractivity contribution < 1.29 is 23.0 Å². The van der Waals surface area contributed by atoms with E-state index in [0.717, 1.165) is 24.1 Å². The molecule has 0 aliphatic heterocycles. The number of benzene rings is 1. The molecule has 0 saturated carbocycles. The van der Waals surface area contributed by atoms with Crippen LogP contribution in [0.2, 0.25) is 5.02 Å². The molecule has 2 atom stereocenters. The maximum Gasteiger partial charge on any atom is 0.307 e. The predicted octanol–water partition coefficient (Wildman–Crippen LogP) is 5.07. The SMILES string of the molecule is COC(=O)CCn1ncc2c1CCCC2N(c1cnc(Oc2ccc(Cl)cc2)c(Br)c1)S(=O)O. The summed E-state index contributed by atoms with van der Waals surface area (Å²) in [5.41, 5.74) is 2.26. The summed E-state index contributed by atoms with van der Waals surface area (Å²) in [7, 11) is 1.35. The molecule has 1 aliphatic carbocycles. The van der Waals surface area contributed by atoms with Crippen LogP contribution < -0.4 is 9.04 Å². The van der Waals surface area contributed by atoms with Crippen molar-refractivity contribution in [2.24, 2.45) is 0 Å². The summed E-state index contributed by atoms with van der Waals surface area (Å²) in [4.78, 5) is 15.9. The van der Waals surface area contributed by atoms with Gasteiger partial charge >= 0.3 is 5.97 Å². The van der Waals surface area contributed by atoms with E-state index in [2.05, 4.69) is 26.0 Å². The largest absolute Gasteiger partial charge is 0.469 e. The zero-order chi connectivity index (χ0) is 24.2. The number of fused-ring (bicyclic) bond motifs is 1. The molecule has 0 radical (unpaired) electrons. The highest BCUT2D eigenvalue weighted by Crippen LogP contribution is 2.40. The van der Waals surface area contributed by atoms with Crippen LogP contribution in [-0.4, -0.2) is 36.6 Å². The Morgan fingerprint density at radius 2 is 2.12 bits per heavy atom. The van der Waals surface area contributed by atoms with E-state index in [1.807, 2.05) is 0 Å². The number of hydrogen-bond donors (Lipinski definition) is 1. The first kappa shape index (κ1) is 24.6. The van der Waals surface area contributed by atoms with Crippen molar-refractivity contribution in [3.63, 3.8) is 0 Å². The van der Waals surface area contributed by atoms with Crippen LogP contribution in [0.3, 0.4) is 0 Å². The fourth-order valence-electron chi connectivity index (χ4n) is 3.93. The summed E-state index contributed by atoms with van der Waals surface area (Å²) in [6.07, 6.45) is 5.66. The average molecular weight is 570 g/mol. The highest BCUT2D eigenvalue weighted by atomic mass is 79.9. The number of pyridine rings is 1. The van der Waals surface area contributed by atoms with Gasteiger partial charge in [-0.25, -0.2) is 9.19 Å². The Labute approximate surface area is 212 Å². The number of rotatable bonds is 8. The van der Waals surface area contributed by atoms with E-state index in [1.54, 1.807) is 41.2 Å². The van der Waals surface area contributed by atoms with E-state index in [4.69, 9.17) is 21.1 Å². The Hall–Kier alpha value is -2.47. The molecule has 1 aromatic carbocycles. The number of carbonyl (C=O) groups is 1. The van der Waals surface area contributed by atoms with Gasteiger partial charge in [-0.15, -0.1) is 0 Å². The quantitative estimate of drug-likeness (QED) is 0.298. The number of carbonyl (C=O) groups excluding carboxylic acids is 1. The second-order valence-corrected chi connectivity index (χ2v) is 9.74. The van der Waals surface area contributed by atoms with Gasteiger partial charge in [0, 0.05) is 16.3 Å². The molecule has 2 heterocycles. The maximum absolute atomic E-state index is 12.5. The van der Waals surface area contributed by atoms with Crippen molar-refractivity contribution >= 4 is 50.5 Å². The maximum atomic E-state index is 12.5. The smallest absolute Gasteiger partial charge is 0.307 e. The van der Waals surface area contributed by atoms with Crippen LogP contribution in [0, 0.1) is 0 Å². The minimum absolute atomic E-state index is 0.205. The first-order valence-electron chi connectivity index (χ1n) is 10.5. The van der Waals surface area contributed by atoms with Gasteiger partial charge in [0.05, 0.1) is 48.7 Å². The molecule has 2 unspecified atom stereocenters. The van der Waals surface area contributed by atoms with Gasteiger partial charge in [0.25, 0.3) is 11.3 Å². The highest BCUT2D eigenvalue weighted by molar-refractivity contribution is 9.10. The third-order valence-corrected chi connectivity index (χ3v) is 7.14. The van der Waals surface area contributed by atoms with E-state index in [-0.39, 0.29) is 18.4 Å². The third-order valence-electron chi connectivity index (χ3n) is 5.51. The standard InChI is InChI=1S/C22H22BrClN4O5S/c1-32-21(29)9-10-27-19-3-2-4-20(17(19)13-26-27)28(34(30)31)15-11-18(23)22(25-12-15)33-16-7-5-14(24)6-8-16/h5-8,11-13,20H,2-4,9-10H2,1H3,(H,30,31). The number of aromatic nitrogens is 3. The number of nitrogens with zero attached hydrogens (tertiary/aromatic N) is 4. The van der Waals surface area contributed by atoms with Crippen LogP contribution in [0.1, 0.15) is 36.6 Å². The van der Waals surface area contributed by atoms with E-state index < -0.39 is 11.3 Å². The van der Waals surface area contributed by atoms with Gasteiger partial charge in [-0.3, -0.25) is 18.3 Å². The average Bonchev–Trinajstić information content (AvgIpc) is 3.24. The molecule has 4 rings (SSSR count). The number of halogens is 2. The van der Waals surface area contributed by atoms with Crippen LogP contribution in [0.4, 0.5) is 5.69 Å². The molecule has 3 aromatic rings. The topological polar surface area (TPSA) is 107 Å². The highest BCUT2D eigenvalue weighted by Gasteiger charge is 2.33. The molecule has 9 nitrogen and oxygen atoms in total. The molecular formula is C22H22BrClN4O5S. The lowest BCUT2D eigenvalue weighted by molar-refractivity contribution is -0.140. The zero-order valence-electron chi connectivity index (χ0n) is 18.2. The Morgan fingerprint density at radius 1 is 1.35 bits per heavy atom. The predicted molar refractivity (Wildman–Crippen MR) is 131 cm³/mol. The van der Waals surface area contributed by atoms with Crippen molar-refractivity contribution in [3.05, 3.63) is 63.5 Å². The van der Waals surface area contributed by atoms with Gasteiger partial charge in [-0.05, 0) is 65.5 Å².